The molecule has 10 heteroatoms. The van der Waals surface area contributed by atoms with Crippen LogP contribution in [0.2, 0.25) is 0 Å². The molecule has 0 radical (unpaired) electrons. The highest BCUT2D eigenvalue weighted by Gasteiger charge is 2.32. The quantitative estimate of drug-likeness (QED) is 0.432. The van der Waals surface area contributed by atoms with Crippen LogP contribution >= 0.6 is 11.3 Å². The van der Waals surface area contributed by atoms with Crippen molar-refractivity contribution in [3.63, 3.8) is 0 Å². The Kier molecular flexibility index (Phi) is 6.02. The van der Waals surface area contributed by atoms with E-state index in [1.165, 1.54) is 30.0 Å². The first-order valence-corrected chi connectivity index (χ1v) is 10.4. The van der Waals surface area contributed by atoms with Crippen molar-refractivity contribution in [3.8, 4) is 0 Å². The van der Waals surface area contributed by atoms with Crippen molar-refractivity contribution in [2.24, 2.45) is 7.05 Å². The number of nitrogens with zero attached hydrogens (tertiary/aromatic N) is 3. The van der Waals surface area contributed by atoms with Crippen LogP contribution in [0.1, 0.15) is 70.1 Å². The molecule has 2 aromatic rings. The monoisotopic (exact) mass is 420 g/mol. The number of carbonyl (C=O) groups is 2. The number of nitrogens with one attached hydrogen (secondary N) is 1. The van der Waals surface area contributed by atoms with Gasteiger partial charge in [0.05, 0.1) is 16.6 Å². The molecule has 2 aromatic heterocycles. The molecule has 0 saturated carbocycles. The van der Waals surface area contributed by atoms with Crippen LogP contribution in [0.4, 0.5) is 10.7 Å². The van der Waals surface area contributed by atoms with Crippen molar-refractivity contribution in [1.29, 1.82) is 0 Å². The van der Waals surface area contributed by atoms with Gasteiger partial charge in [-0.1, -0.05) is 6.92 Å². The molecule has 2 heterocycles. The lowest BCUT2D eigenvalue weighted by Crippen LogP contribution is -2.19. The van der Waals surface area contributed by atoms with Gasteiger partial charge in [-0.05, 0) is 51.5 Å². The molecule has 1 aliphatic rings. The Balaban J connectivity index is 1.98. The smallest absolute Gasteiger partial charge is 0.341 e. The Labute approximate surface area is 172 Å². The van der Waals surface area contributed by atoms with Gasteiger partial charge in [-0.3, -0.25) is 19.6 Å². The lowest BCUT2D eigenvalue weighted by atomic mass is 9.95. The average Bonchev–Trinajstić information content (AvgIpc) is 3.18. The molecule has 1 atom stereocenters. The second-order valence-corrected chi connectivity index (χ2v) is 8.26. The summed E-state index contributed by atoms with van der Waals surface area (Å²) in [5.74, 6) is -1.18. The number of aromatic nitrogens is 2. The average molecular weight is 420 g/mol. The molecule has 3 rings (SSSR count). The standard InChI is InChI=1S/C19H24N4O5S/c1-5-10(2)28-19(25)14-12-8-6-7-9-13(12)29-18(14)20-17(24)15-16(23(26)27)11(3)22(4)21-15/h10H,5-9H2,1-4H3,(H,20,24). The van der Waals surface area contributed by atoms with Crippen molar-refractivity contribution in [2.75, 3.05) is 5.32 Å². The highest BCUT2D eigenvalue weighted by molar-refractivity contribution is 7.17. The molecule has 0 aromatic carbocycles. The summed E-state index contributed by atoms with van der Waals surface area (Å²) in [6.45, 7) is 5.27. The normalized spacial score (nSPS) is 14.2. The maximum atomic E-state index is 12.8. The van der Waals surface area contributed by atoms with E-state index in [1.807, 2.05) is 13.8 Å². The molecule has 0 aliphatic heterocycles. The lowest BCUT2D eigenvalue weighted by Gasteiger charge is -2.15. The van der Waals surface area contributed by atoms with E-state index >= 15 is 0 Å². The number of hydrogen-bond acceptors (Lipinski definition) is 7. The number of amides is 1. The minimum absolute atomic E-state index is 0.246. The van der Waals surface area contributed by atoms with E-state index in [0.29, 0.717) is 17.0 Å². The van der Waals surface area contributed by atoms with E-state index in [2.05, 4.69) is 10.4 Å². The molecule has 29 heavy (non-hydrogen) atoms. The molecular weight excluding hydrogens is 396 g/mol. The molecule has 1 amide bonds. The highest BCUT2D eigenvalue weighted by atomic mass is 32.1. The summed E-state index contributed by atoms with van der Waals surface area (Å²) in [5, 5.41) is 18.5. The van der Waals surface area contributed by atoms with Gasteiger partial charge in [0.2, 0.25) is 5.69 Å². The van der Waals surface area contributed by atoms with E-state index in [0.717, 1.165) is 36.1 Å². The number of fused-ring (bicyclic) bond motifs is 1. The van der Waals surface area contributed by atoms with Gasteiger partial charge in [0.1, 0.15) is 10.7 Å². The van der Waals surface area contributed by atoms with Crippen LogP contribution < -0.4 is 5.32 Å². The predicted molar refractivity (Wildman–Crippen MR) is 109 cm³/mol. The van der Waals surface area contributed by atoms with Gasteiger partial charge >= 0.3 is 11.7 Å². The van der Waals surface area contributed by atoms with Crippen LogP contribution in [0.25, 0.3) is 0 Å². The number of carbonyl (C=O) groups excluding carboxylic acids is 2. The number of esters is 1. The number of ether oxygens (including phenoxy) is 1. The van der Waals surface area contributed by atoms with Crippen molar-refractivity contribution < 1.29 is 19.2 Å². The molecule has 0 spiro atoms. The molecule has 1 unspecified atom stereocenters. The zero-order valence-corrected chi connectivity index (χ0v) is 17.7. The van der Waals surface area contributed by atoms with Crippen LogP contribution in [0, 0.1) is 17.0 Å². The van der Waals surface area contributed by atoms with Crippen LogP contribution in [-0.2, 0) is 24.6 Å². The third-order valence-electron chi connectivity index (χ3n) is 5.19. The van der Waals surface area contributed by atoms with Gasteiger partial charge in [0, 0.05) is 11.9 Å². The lowest BCUT2D eigenvalue weighted by molar-refractivity contribution is -0.385. The van der Waals surface area contributed by atoms with Gasteiger partial charge in [-0.15, -0.1) is 11.3 Å². The Morgan fingerprint density at radius 2 is 2.07 bits per heavy atom. The van der Waals surface area contributed by atoms with E-state index < -0.39 is 16.8 Å². The molecule has 1 N–H and O–H groups in total. The molecule has 1 aliphatic carbocycles. The Morgan fingerprint density at radius 3 is 2.72 bits per heavy atom. The summed E-state index contributed by atoms with van der Waals surface area (Å²) < 4.78 is 6.81. The summed E-state index contributed by atoms with van der Waals surface area (Å²) in [4.78, 5) is 37.5. The summed E-state index contributed by atoms with van der Waals surface area (Å²) in [6.07, 6.45) is 4.00. The fraction of sp³-hybridized carbons (Fsp3) is 0.526. The summed E-state index contributed by atoms with van der Waals surface area (Å²) in [6, 6.07) is 0. The first-order valence-electron chi connectivity index (χ1n) is 9.59. The van der Waals surface area contributed by atoms with Gasteiger partial charge in [-0.2, -0.15) is 5.10 Å². The van der Waals surface area contributed by atoms with Gasteiger partial charge in [0.25, 0.3) is 5.91 Å². The fourth-order valence-corrected chi connectivity index (χ4v) is 4.60. The van der Waals surface area contributed by atoms with Crippen molar-refractivity contribution in [1.82, 2.24) is 9.78 Å². The third-order valence-corrected chi connectivity index (χ3v) is 6.39. The second kappa shape index (κ2) is 8.32. The van der Waals surface area contributed by atoms with Crippen LogP contribution in [0.5, 0.6) is 0 Å². The van der Waals surface area contributed by atoms with Gasteiger partial charge in [0.15, 0.2) is 0 Å². The van der Waals surface area contributed by atoms with Crippen LogP contribution in [0.15, 0.2) is 0 Å². The Bertz CT molecular complexity index is 978. The number of nitro groups is 1. The zero-order valence-electron chi connectivity index (χ0n) is 16.9. The maximum absolute atomic E-state index is 12.8. The number of hydrogen-bond donors (Lipinski definition) is 1. The molecule has 9 nitrogen and oxygen atoms in total. The van der Waals surface area contributed by atoms with E-state index in [9.17, 15) is 19.7 Å². The minimum Gasteiger partial charge on any atom is -0.459 e. The van der Waals surface area contributed by atoms with Crippen molar-refractivity contribution in [2.45, 2.75) is 59.0 Å². The fourth-order valence-electron chi connectivity index (χ4n) is 3.33. The van der Waals surface area contributed by atoms with Crippen LogP contribution in [-0.4, -0.2) is 32.7 Å². The molecule has 0 bridgehead atoms. The second-order valence-electron chi connectivity index (χ2n) is 7.16. The third kappa shape index (κ3) is 4.02. The molecule has 0 saturated heterocycles. The van der Waals surface area contributed by atoms with Crippen LogP contribution in [0.3, 0.4) is 0 Å². The summed E-state index contributed by atoms with van der Waals surface area (Å²) in [7, 11) is 1.54. The van der Waals surface area contributed by atoms with Gasteiger partial charge < -0.3 is 10.1 Å². The number of thiophene rings is 1. The first kappa shape index (κ1) is 21.0. The summed E-state index contributed by atoms with van der Waals surface area (Å²) >= 11 is 1.34. The van der Waals surface area contributed by atoms with Gasteiger partial charge in [-0.25, -0.2) is 4.79 Å². The topological polar surface area (TPSA) is 116 Å². The zero-order chi connectivity index (χ0) is 21.3. The highest BCUT2D eigenvalue weighted by Crippen LogP contribution is 2.39. The number of aryl methyl sites for hydroxylation is 2. The molecule has 156 valence electrons. The summed E-state index contributed by atoms with van der Waals surface area (Å²) in [5.41, 5.74) is 0.949. The SMILES string of the molecule is CCC(C)OC(=O)c1c(NC(=O)c2nn(C)c(C)c2[N+](=O)[O-])sc2c1CCCC2. The number of rotatable bonds is 6. The minimum atomic E-state index is -0.711. The first-order chi connectivity index (χ1) is 13.7. The van der Waals surface area contributed by atoms with E-state index in [-0.39, 0.29) is 23.2 Å². The van der Waals surface area contributed by atoms with Crippen molar-refractivity contribution in [3.05, 3.63) is 37.5 Å². The predicted octanol–water partition coefficient (Wildman–Crippen LogP) is 3.78. The Hall–Kier alpha value is -2.75. The van der Waals surface area contributed by atoms with E-state index in [1.54, 1.807) is 0 Å². The van der Waals surface area contributed by atoms with E-state index in [4.69, 9.17) is 4.74 Å². The number of anilines is 1. The largest absolute Gasteiger partial charge is 0.459 e. The Morgan fingerprint density at radius 1 is 1.38 bits per heavy atom. The maximum Gasteiger partial charge on any atom is 0.341 e. The van der Waals surface area contributed by atoms with Crippen molar-refractivity contribution >= 4 is 33.9 Å². The molecular formula is C19H24N4O5S. The molecule has 0 fully saturated rings.